The molecule has 94 valence electrons. The van der Waals surface area contributed by atoms with Gasteiger partial charge in [-0.2, -0.15) is 4.98 Å². The molecular formula is C14H18N4. The Bertz CT molecular complexity index is 493. The minimum Gasteiger partial charge on any atom is -0.366 e. The van der Waals surface area contributed by atoms with E-state index in [9.17, 15) is 0 Å². The van der Waals surface area contributed by atoms with Crippen LogP contribution in [-0.4, -0.2) is 17.0 Å². The first-order chi connectivity index (χ1) is 8.81. The summed E-state index contributed by atoms with van der Waals surface area (Å²) in [4.78, 5) is 8.38. The Morgan fingerprint density at radius 1 is 1.06 bits per heavy atom. The molecule has 0 radical (unpaired) electrons. The van der Waals surface area contributed by atoms with Gasteiger partial charge in [-0.25, -0.2) is 4.98 Å². The maximum atomic E-state index is 4.31. The van der Waals surface area contributed by atoms with Gasteiger partial charge < -0.3 is 10.6 Å². The number of hydrogen-bond donors (Lipinski definition) is 2. The molecule has 4 heteroatoms. The summed E-state index contributed by atoms with van der Waals surface area (Å²) < 4.78 is 0. The lowest BCUT2D eigenvalue weighted by Crippen LogP contribution is -2.04. The van der Waals surface area contributed by atoms with Crippen molar-refractivity contribution in [3.8, 4) is 0 Å². The van der Waals surface area contributed by atoms with Crippen molar-refractivity contribution >= 4 is 11.8 Å². The van der Waals surface area contributed by atoms with E-state index in [0.717, 1.165) is 18.8 Å². The van der Waals surface area contributed by atoms with Crippen molar-refractivity contribution in [1.82, 2.24) is 9.97 Å². The van der Waals surface area contributed by atoms with Crippen LogP contribution in [0.5, 0.6) is 0 Å². The Labute approximate surface area is 107 Å². The third kappa shape index (κ3) is 3.20. The van der Waals surface area contributed by atoms with Gasteiger partial charge in [-0.05, 0) is 23.6 Å². The van der Waals surface area contributed by atoms with Crippen molar-refractivity contribution in [1.29, 1.82) is 0 Å². The Balaban J connectivity index is 1.97. The zero-order valence-corrected chi connectivity index (χ0v) is 10.8. The Kier molecular flexibility index (Phi) is 4.12. The standard InChI is InChI=1S/C14H18N4/c1-3-11-4-6-12(7-5-11)10-17-13-8-9-16-14(15-2)18-13/h4-9H,3,10H2,1-2H3,(H2,15,16,17,18). The van der Waals surface area contributed by atoms with Crippen LogP contribution in [0.2, 0.25) is 0 Å². The molecule has 0 atom stereocenters. The van der Waals surface area contributed by atoms with Crippen LogP contribution >= 0.6 is 0 Å². The number of nitrogens with zero attached hydrogens (tertiary/aromatic N) is 2. The lowest BCUT2D eigenvalue weighted by molar-refractivity contribution is 1.07. The highest BCUT2D eigenvalue weighted by atomic mass is 15.1. The Morgan fingerprint density at radius 2 is 1.78 bits per heavy atom. The summed E-state index contributed by atoms with van der Waals surface area (Å²) in [6, 6.07) is 10.5. The Morgan fingerprint density at radius 3 is 2.44 bits per heavy atom. The molecule has 0 saturated carbocycles. The molecule has 0 aliphatic heterocycles. The van der Waals surface area contributed by atoms with Gasteiger partial charge in [0.2, 0.25) is 5.95 Å². The fraction of sp³-hybridized carbons (Fsp3) is 0.286. The molecule has 2 N–H and O–H groups in total. The van der Waals surface area contributed by atoms with Crippen LogP contribution < -0.4 is 10.6 Å². The van der Waals surface area contributed by atoms with E-state index >= 15 is 0 Å². The molecule has 2 aromatic rings. The summed E-state index contributed by atoms with van der Waals surface area (Å²) in [5, 5.41) is 6.20. The molecule has 0 bridgehead atoms. The van der Waals surface area contributed by atoms with Gasteiger partial charge >= 0.3 is 0 Å². The highest BCUT2D eigenvalue weighted by molar-refractivity contribution is 5.40. The number of rotatable bonds is 5. The van der Waals surface area contributed by atoms with E-state index in [2.05, 4.69) is 51.8 Å². The topological polar surface area (TPSA) is 49.8 Å². The van der Waals surface area contributed by atoms with E-state index in [1.54, 1.807) is 6.20 Å². The second-order valence-corrected chi connectivity index (χ2v) is 4.04. The molecule has 1 aromatic carbocycles. The first-order valence-corrected chi connectivity index (χ1v) is 6.14. The monoisotopic (exact) mass is 242 g/mol. The minimum absolute atomic E-state index is 0.626. The fourth-order valence-corrected chi connectivity index (χ4v) is 1.66. The number of aryl methyl sites for hydroxylation is 1. The summed E-state index contributed by atoms with van der Waals surface area (Å²) in [6.07, 6.45) is 2.81. The fourth-order valence-electron chi connectivity index (χ4n) is 1.66. The highest BCUT2D eigenvalue weighted by Gasteiger charge is 1.98. The second-order valence-electron chi connectivity index (χ2n) is 4.04. The lowest BCUT2D eigenvalue weighted by atomic mass is 10.1. The molecule has 1 aromatic heterocycles. The quantitative estimate of drug-likeness (QED) is 0.846. The van der Waals surface area contributed by atoms with Crippen molar-refractivity contribution in [2.24, 2.45) is 0 Å². The zero-order valence-electron chi connectivity index (χ0n) is 10.8. The first-order valence-electron chi connectivity index (χ1n) is 6.14. The maximum Gasteiger partial charge on any atom is 0.224 e. The van der Waals surface area contributed by atoms with Crippen molar-refractivity contribution < 1.29 is 0 Å². The molecule has 0 spiro atoms. The van der Waals surface area contributed by atoms with E-state index in [0.29, 0.717) is 5.95 Å². The lowest BCUT2D eigenvalue weighted by Gasteiger charge is -2.07. The molecule has 0 aliphatic rings. The first kappa shape index (κ1) is 12.4. The summed E-state index contributed by atoms with van der Waals surface area (Å²) in [5.74, 6) is 1.45. The predicted octanol–water partition coefficient (Wildman–Crippen LogP) is 2.69. The van der Waals surface area contributed by atoms with Crippen molar-refractivity contribution in [3.05, 3.63) is 47.7 Å². The van der Waals surface area contributed by atoms with E-state index in [1.165, 1.54) is 11.1 Å². The summed E-state index contributed by atoms with van der Waals surface area (Å²) in [5.41, 5.74) is 2.61. The van der Waals surface area contributed by atoms with Crippen LogP contribution in [-0.2, 0) is 13.0 Å². The number of anilines is 2. The number of benzene rings is 1. The van der Waals surface area contributed by atoms with Gasteiger partial charge in [0.1, 0.15) is 5.82 Å². The van der Waals surface area contributed by atoms with Crippen LogP contribution in [0.3, 0.4) is 0 Å². The van der Waals surface area contributed by atoms with E-state index < -0.39 is 0 Å². The molecule has 4 nitrogen and oxygen atoms in total. The van der Waals surface area contributed by atoms with Gasteiger partial charge in [0.05, 0.1) is 0 Å². The summed E-state index contributed by atoms with van der Waals surface area (Å²) in [7, 11) is 1.81. The summed E-state index contributed by atoms with van der Waals surface area (Å²) in [6.45, 7) is 2.93. The normalized spacial score (nSPS) is 10.1. The van der Waals surface area contributed by atoms with Crippen LogP contribution in [0.25, 0.3) is 0 Å². The van der Waals surface area contributed by atoms with Crippen molar-refractivity contribution in [2.45, 2.75) is 19.9 Å². The largest absolute Gasteiger partial charge is 0.366 e. The molecule has 1 heterocycles. The van der Waals surface area contributed by atoms with Crippen molar-refractivity contribution in [2.75, 3.05) is 17.7 Å². The maximum absolute atomic E-state index is 4.31. The van der Waals surface area contributed by atoms with Crippen LogP contribution in [0.15, 0.2) is 36.5 Å². The molecule has 0 fully saturated rings. The Hall–Kier alpha value is -2.10. The SMILES string of the molecule is CCc1ccc(CNc2ccnc(NC)n2)cc1. The number of hydrogen-bond acceptors (Lipinski definition) is 4. The van der Waals surface area contributed by atoms with Crippen LogP contribution in [0, 0.1) is 0 Å². The van der Waals surface area contributed by atoms with Crippen LogP contribution in [0.1, 0.15) is 18.1 Å². The zero-order chi connectivity index (χ0) is 12.8. The predicted molar refractivity (Wildman–Crippen MR) is 74.7 cm³/mol. The molecule has 2 rings (SSSR count). The van der Waals surface area contributed by atoms with Crippen molar-refractivity contribution in [3.63, 3.8) is 0 Å². The van der Waals surface area contributed by atoms with Crippen LogP contribution in [0.4, 0.5) is 11.8 Å². The molecule has 0 unspecified atom stereocenters. The third-order valence-electron chi connectivity index (χ3n) is 2.78. The average Bonchev–Trinajstić information content (AvgIpc) is 2.46. The molecule has 18 heavy (non-hydrogen) atoms. The minimum atomic E-state index is 0.626. The van der Waals surface area contributed by atoms with E-state index in [4.69, 9.17) is 0 Å². The summed E-state index contributed by atoms with van der Waals surface area (Å²) >= 11 is 0. The third-order valence-corrected chi connectivity index (χ3v) is 2.78. The van der Waals surface area contributed by atoms with Gasteiger partial charge in [-0.3, -0.25) is 0 Å². The molecular weight excluding hydrogens is 224 g/mol. The second kappa shape index (κ2) is 6.00. The van der Waals surface area contributed by atoms with E-state index in [-0.39, 0.29) is 0 Å². The number of nitrogens with one attached hydrogen (secondary N) is 2. The molecule has 0 aliphatic carbocycles. The van der Waals surface area contributed by atoms with Gasteiger partial charge in [0.15, 0.2) is 0 Å². The van der Waals surface area contributed by atoms with Gasteiger partial charge in [-0.1, -0.05) is 31.2 Å². The number of aromatic nitrogens is 2. The van der Waals surface area contributed by atoms with Gasteiger partial charge in [0, 0.05) is 19.8 Å². The molecule has 0 saturated heterocycles. The van der Waals surface area contributed by atoms with E-state index in [1.807, 2.05) is 13.1 Å². The molecule has 0 amide bonds. The van der Waals surface area contributed by atoms with Gasteiger partial charge in [-0.15, -0.1) is 0 Å². The highest BCUT2D eigenvalue weighted by Crippen LogP contribution is 2.09. The average molecular weight is 242 g/mol. The van der Waals surface area contributed by atoms with Gasteiger partial charge in [0.25, 0.3) is 0 Å². The smallest absolute Gasteiger partial charge is 0.224 e.